The molecule has 0 aliphatic heterocycles. The van der Waals surface area contributed by atoms with Crippen LogP contribution in [0, 0.1) is 6.92 Å². The summed E-state index contributed by atoms with van der Waals surface area (Å²) in [6, 6.07) is 6.00. The molecule has 0 bridgehead atoms. The highest BCUT2D eigenvalue weighted by atomic mass is 32.1. The minimum atomic E-state index is 0.727. The fourth-order valence-electron chi connectivity index (χ4n) is 2.28. The lowest BCUT2D eigenvalue weighted by Crippen LogP contribution is -2.01. The number of hydrogen-bond acceptors (Lipinski definition) is 5. The normalized spacial score (nSPS) is 11.0. The van der Waals surface area contributed by atoms with Gasteiger partial charge in [-0.25, -0.2) is 4.98 Å². The van der Waals surface area contributed by atoms with Crippen LogP contribution in [0.25, 0.3) is 10.8 Å². The third kappa shape index (κ3) is 2.83. The molecule has 1 aromatic carbocycles. The average molecular weight is 298 g/mol. The van der Waals surface area contributed by atoms with E-state index < -0.39 is 0 Å². The first-order chi connectivity index (χ1) is 10.2. The molecule has 0 unspecified atom stereocenters. The Labute approximate surface area is 128 Å². The zero-order chi connectivity index (χ0) is 14.8. The van der Waals surface area contributed by atoms with E-state index in [0.29, 0.717) is 0 Å². The molecule has 0 atom stereocenters. The van der Waals surface area contributed by atoms with E-state index in [-0.39, 0.29) is 0 Å². The van der Waals surface area contributed by atoms with Gasteiger partial charge in [-0.2, -0.15) is 0 Å². The molecule has 0 spiro atoms. The van der Waals surface area contributed by atoms with Gasteiger partial charge in [0.25, 0.3) is 0 Å². The summed E-state index contributed by atoms with van der Waals surface area (Å²) in [7, 11) is 0. The van der Waals surface area contributed by atoms with Crippen LogP contribution in [-0.2, 0) is 13.0 Å². The van der Waals surface area contributed by atoms with E-state index in [4.69, 9.17) is 5.73 Å². The largest absolute Gasteiger partial charge is 0.398 e. The molecular weight excluding hydrogens is 280 g/mol. The van der Waals surface area contributed by atoms with Crippen LogP contribution in [0.2, 0.25) is 0 Å². The van der Waals surface area contributed by atoms with Crippen LogP contribution < -0.4 is 11.1 Å². The van der Waals surface area contributed by atoms with Gasteiger partial charge in [-0.05, 0) is 31.5 Å². The summed E-state index contributed by atoms with van der Waals surface area (Å²) in [5.74, 6) is 0. The van der Waals surface area contributed by atoms with Gasteiger partial charge in [0.2, 0.25) is 0 Å². The number of rotatable bonds is 4. The van der Waals surface area contributed by atoms with Crippen LogP contribution in [0.15, 0.2) is 30.6 Å². The molecule has 0 aliphatic rings. The van der Waals surface area contributed by atoms with Crippen LogP contribution in [0.1, 0.15) is 22.5 Å². The van der Waals surface area contributed by atoms with Crippen molar-refractivity contribution in [2.75, 3.05) is 11.1 Å². The molecule has 4 nitrogen and oxygen atoms in total. The van der Waals surface area contributed by atoms with Crippen LogP contribution in [0.4, 0.5) is 11.4 Å². The summed E-state index contributed by atoms with van der Waals surface area (Å²) in [6.45, 7) is 4.86. The Hall–Kier alpha value is -2.14. The van der Waals surface area contributed by atoms with Gasteiger partial charge < -0.3 is 11.1 Å². The van der Waals surface area contributed by atoms with Crippen molar-refractivity contribution < 1.29 is 0 Å². The van der Waals surface area contributed by atoms with Crippen molar-refractivity contribution in [3.63, 3.8) is 0 Å². The standard InChI is InChI=1S/C16H18N4S/c1-3-11-7-20-16(21-11)9-19-15-5-4-14(17)13-8-18-10(2)6-12(13)15/h4-8,19H,3,9,17H2,1-2H3. The first-order valence-corrected chi connectivity index (χ1v) is 7.81. The summed E-state index contributed by atoms with van der Waals surface area (Å²) < 4.78 is 0. The number of nitrogens with zero attached hydrogens (tertiary/aromatic N) is 2. The number of pyridine rings is 1. The minimum absolute atomic E-state index is 0.727. The third-order valence-electron chi connectivity index (χ3n) is 3.45. The molecule has 3 rings (SSSR count). The highest BCUT2D eigenvalue weighted by molar-refractivity contribution is 7.11. The van der Waals surface area contributed by atoms with Gasteiger partial charge in [-0.3, -0.25) is 4.98 Å². The summed E-state index contributed by atoms with van der Waals surface area (Å²) >= 11 is 1.75. The molecule has 0 saturated heterocycles. The Bertz CT molecular complexity index is 779. The van der Waals surface area contributed by atoms with Gasteiger partial charge >= 0.3 is 0 Å². The van der Waals surface area contributed by atoms with Gasteiger partial charge in [-0.15, -0.1) is 11.3 Å². The Morgan fingerprint density at radius 2 is 2.05 bits per heavy atom. The Balaban J connectivity index is 1.89. The van der Waals surface area contributed by atoms with Gasteiger partial charge in [0, 0.05) is 45.1 Å². The highest BCUT2D eigenvalue weighted by Gasteiger charge is 2.06. The smallest absolute Gasteiger partial charge is 0.112 e. The van der Waals surface area contributed by atoms with E-state index >= 15 is 0 Å². The van der Waals surface area contributed by atoms with Gasteiger partial charge in [0.1, 0.15) is 5.01 Å². The second-order valence-electron chi connectivity index (χ2n) is 5.00. The van der Waals surface area contributed by atoms with Crippen molar-refractivity contribution >= 4 is 33.5 Å². The van der Waals surface area contributed by atoms with Crippen molar-refractivity contribution in [1.82, 2.24) is 9.97 Å². The van der Waals surface area contributed by atoms with E-state index in [1.54, 1.807) is 11.3 Å². The zero-order valence-electron chi connectivity index (χ0n) is 12.2. The Morgan fingerprint density at radius 3 is 2.81 bits per heavy atom. The summed E-state index contributed by atoms with van der Waals surface area (Å²) in [6.07, 6.45) is 4.83. The van der Waals surface area contributed by atoms with Crippen molar-refractivity contribution in [1.29, 1.82) is 0 Å². The van der Waals surface area contributed by atoms with E-state index in [1.807, 2.05) is 31.5 Å². The van der Waals surface area contributed by atoms with E-state index in [9.17, 15) is 0 Å². The molecule has 3 aromatic rings. The number of benzene rings is 1. The van der Waals surface area contributed by atoms with E-state index in [1.165, 1.54) is 4.88 Å². The fourth-order valence-corrected chi connectivity index (χ4v) is 3.09. The van der Waals surface area contributed by atoms with Crippen LogP contribution in [0.3, 0.4) is 0 Å². The topological polar surface area (TPSA) is 63.8 Å². The highest BCUT2D eigenvalue weighted by Crippen LogP contribution is 2.29. The minimum Gasteiger partial charge on any atom is -0.398 e. The van der Waals surface area contributed by atoms with Gasteiger partial charge in [0.15, 0.2) is 0 Å². The van der Waals surface area contributed by atoms with Crippen molar-refractivity contribution in [2.24, 2.45) is 0 Å². The molecule has 0 aliphatic carbocycles. The van der Waals surface area contributed by atoms with Crippen molar-refractivity contribution in [3.05, 3.63) is 46.2 Å². The fraction of sp³-hybridized carbons (Fsp3) is 0.250. The zero-order valence-corrected chi connectivity index (χ0v) is 13.0. The maximum absolute atomic E-state index is 6.03. The van der Waals surface area contributed by atoms with Crippen molar-refractivity contribution in [2.45, 2.75) is 26.8 Å². The second-order valence-corrected chi connectivity index (χ2v) is 6.20. The van der Waals surface area contributed by atoms with E-state index in [2.05, 4.69) is 28.3 Å². The molecule has 2 aromatic heterocycles. The predicted octanol–water partition coefficient (Wildman–Crippen LogP) is 3.76. The number of thiazole rings is 1. The number of aryl methyl sites for hydroxylation is 2. The predicted molar refractivity (Wildman–Crippen MR) is 89.7 cm³/mol. The van der Waals surface area contributed by atoms with Crippen LogP contribution in [-0.4, -0.2) is 9.97 Å². The molecule has 0 radical (unpaired) electrons. The van der Waals surface area contributed by atoms with Gasteiger partial charge in [-0.1, -0.05) is 6.92 Å². The maximum Gasteiger partial charge on any atom is 0.112 e. The first kappa shape index (κ1) is 13.8. The average Bonchev–Trinajstić information content (AvgIpc) is 2.94. The first-order valence-electron chi connectivity index (χ1n) is 6.99. The molecule has 21 heavy (non-hydrogen) atoms. The third-order valence-corrected chi connectivity index (χ3v) is 4.59. The Morgan fingerprint density at radius 1 is 1.19 bits per heavy atom. The number of aromatic nitrogens is 2. The Kier molecular flexibility index (Phi) is 3.75. The quantitative estimate of drug-likeness (QED) is 0.720. The second kappa shape index (κ2) is 5.69. The van der Waals surface area contributed by atoms with Crippen molar-refractivity contribution in [3.8, 4) is 0 Å². The molecular formula is C16H18N4S. The molecule has 0 saturated carbocycles. The lowest BCUT2D eigenvalue weighted by Gasteiger charge is -2.10. The number of hydrogen-bond donors (Lipinski definition) is 2. The van der Waals surface area contributed by atoms with Crippen LogP contribution >= 0.6 is 11.3 Å². The molecule has 3 N–H and O–H groups in total. The SMILES string of the molecule is CCc1cnc(CNc2ccc(N)c3cnc(C)cc23)s1. The summed E-state index contributed by atoms with van der Waals surface area (Å²) in [5.41, 5.74) is 8.83. The maximum atomic E-state index is 6.03. The number of anilines is 2. The molecule has 0 amide bonds. The molecule has 5 heteroatoms. The summed E-state index contributed by atoms with van der Waals surface area (Å²) in [4.78, 5) is 10.1. The number of nitrogens with one attached hydrogen (secondary N) is 1. The summed E-state index contributed by atoms with van der Waals surface area (Å²) in [5, 5.41) is 6.65. The lowest BCUT2D eigenvalue weighted by atomic mass is 10.1. The number of nitrogens with two attached hydrogens (primary N) is 1. The van der Waals surface area contributed by atoms with E-state index in [0.717, 1.165) is 45.8 Å². The lowest BCUT2D eigenvalue weighted by molar-refractivity contribution is 1.10. The monoisotopic (exact) mass is 298 g/mol. The molecule has 2 heterocycles. The number of nitrogen functional groups attached to an aromatic ring is 1. The van der Waals surface area contributed by atoms with Gasteiger partial charge in [0.05, 0.1) is 6.54 Å². The molecule has 0 fully saturated rings. The molecule has 108 valence electrons. The number of fused-ring (bicyclic) bond motifs is 1. The van der Waals surface area contributed by atoms with Crippen LogP contribution in [0.5, 0.6) is 0 Å².